The number of hydrogen-bond donors (Lipinski definition) is 0. The Balaban J connectivity index is 2.16. The molecule has 0 amide bonds. The van der Waals surface area contributed by atoms with Crippen molar-refractivity contribution in [2.24, 2.45) is 5.92 Å². The number of nitrogens with zero attached hydrogens (tertiary/aromatic N) is 2. The van der Waals surface area contributed by atoms with E-state index >= 15 is 0 Å². The summed E-state index contributed by atoms with van der Waals surface area (Å²) in [5, 5.41) is 14.7. The van der Waals surface area contributed by atoms with Crippen molar-refractivity contribution in [3.63, 3.8) is 0 Å². The molecule has 0 bridgehead atoms. The summed E-state index contributed by atoms with van der Waals surface area (Å²) in [7, 11) is 0. The van der Waals surface area contributed by atoms with Gasteiger partial charge in [-0.05, 0) is 6.42 Å². The fourth-order valence-electron chi connectivity index (χ4n) is 1.92. The maximum absolute atomic E-state index is 11.0. The van der Waals surface area contributed by atoms with Gasteiger partial charge in [-0.25, -0.2) is 0 Å². The topological polar surface area (TPSA) is 53.0 Å². The van der Waals surface area contributed by atoms with Crippen molar-refractivity contribution in [1.82, 2.24) is 5.27 Å². The van der Waals surface area contributed by atoms with E-state index in [1.807, 2.05) is 0 Å². The van der Waals surface area contributed by atoms with Gasteiger partial charge in [0.25, 0.3) is 0 Å². The first-order valence-electron chi connectivity index (χ1n) is 3.93. The van der Waals surface area contributed by atoms with Crippen molar-refractivity contribution in [2.75, 3.05) is 0 Å². The second-order valence-corrected chi connectivity index (χ2v) is 3.35. The maximum Gasteiger partial charge on any atom is 0.233 e. The molecule has 0 radical (unpaired) electrons. The first kappa shape index (κ1) is 5.57. The van der Waals surface area contributed by atoms with Crippen LogP contribution in [0.1, 0.15) is 24.6 Å². The quantitative estimate of drug-likeness (QED) is 0.473. The number of hydrogen-bond acceptors (Lipinski definition) is 3. The van der Waals surface area contributed by atoms with Crippen molar-refractivity contribution in [3.05, 3.63) is 5.69 Å². The highest BCUT2D eigenvalue weighted by Gasteiger charge is 2.52. The summed E-state index contributed by atoms with van der Waals surface area (Å²) in [6.45, 7) is 0. The Hall–Kier alpha value is -1.06. The Morgan fingerprint density at radius 2 is 2.55 bits per heavy atom. The Kier molecular flexibility index (Phi) is 0.796. The van der Waals surface area contributed by atoms with Crippen LogP contribution in [0.3, 0.4) is 0 Å². The zero-order chi connectivity index (χ0) is 7.42. The molecule has 1 aromatic rings. The van der Waals surface area contributed by atoms with Gasteiger partial charge >= 0.3 is 0 Å². The van der Waals surface area contributed by atoms with Gasteiger partial charge in [0.1, 0.15) is 0 Å². The summed E-state index contributed by atoms with van der Waals surface area (Å²) >= 11 is 0. The highest BCUT2D eigenvalue weighted by Crippen LogP contribution is 2.45. The van der Waals surface area contributed by atoms with Crippen LogP contribution >= 0.6 is 0 Å². The Morgan fingerprint density at radius 1 is 1.64 bits per heavy atom. The monoisotopic (exact) mass is 152 g/mol. The molecule has 1 aliphatic carbocycles. The molecule has 2 aliphatic rings. The molecule has 2 heterocycles. The smallest absolute Gasteiger partial charge is 0.233 e. The Bertz CT molecular complexity index is 307. The molecule has 4 nitrogen and oxygen atoms in total. The first-order chi connectivity index (χ1) is 5.36. The molecule has 0 N–H and O–H groups in total. The van der Waals surface area contributed by atoms with Gasteiger partial charge in [0.2, 0.25) is 5.69 Å². The standard InChI is InChI=1S/C7H8N2O2/c10-7-5-2-1-4-3-6(4)9(5)8-11-7/h4,6H,1-3H2. The minimum atomic E-state index is -0.240. The van der Waals surface area contributed by atoms with Gasteiger partial charge in [0.05, 0.1) is 5.27 Å². The summed E-state index contributed by atoms with van der Waals surface area (Å²) < 4.78 is 6.35. The van der Waals surface area contributed by atoms with Crippen LogP contribution in [0.4, 0.5) is 0 Å². The minimum absolute atomic E-state index is 0.240. The van der Waals surface area contributed by atoms with E-state index in [-0.39, 0.29) is 5.95 Å². The molecule has 1 saturated carbocycles. The molecule has 58 valence electrons. The van der Waals surface area contributed by atoms with Gasteiger partial charge in [-0.3, -0.25) is 0 Å². The van der Waals surface area contributed by atoms with Crippen LogP contribution in [-0.4, -0.2) is 5.27 Å². The summed E-state index contributed by atoms with van der Waals surface area (Å²) in [5.74, 6) is 0.535. The lowest BCUT2D eigenvalue weighted by molar-refractivity contribution is -0.777. The largest absolute Gasteiger partial charge is 0.539 e. The fourth-order valence-corrected chi connectivity index (χ4v) is 1.92. The van der Waals surface area contributed by atoms with E-state index in [1.54, 1.807) is 4.68 Å². The van der Waals surface area contributed by atoms with E-state index in [1.165, 1.54) is 6.42 Å². The third-order valence-corrected chi connectivity index (χ3v) is 2.68. The van der Waals surface area contributed by atoms with Crippen LogP contribution in [0.5, 0.6) is 5.95 Å². The van der Waals surface area contributed by atoms with Crippen molar-refractivity contribution in [2.45, 2.75) is 25.3 Å². The number of aromatic nitrogens is 2. The van der Waals surface area contributed by atoms with E-state index < -0.39 is 0 Å². The van der Waals surface area contributed by atoms with Crippen LogP contribution in [0.2, 0.25) is 0 Å². The molecule has 2 atom stereocenters. The van der Waals surface area contributed by atoms with Gasteiger partial charge in [-0.2, -0.15) is 0 Å². The second-order valence-electron chi connectivity index (χ2n) is 3.35. The van der Waals surface area contributed by atoms with Crippen molar-refractivity contribution in [3.8, 4) is 5.95 Å². The molecule has 11 heavy (non-hydrogen) atoms. The van der Waals surface area contributed by atoms with Crippen LogP contribution in [0.15, 0.2) is 4.52 Å². The van der Waals surface area contributed by atoms with Gasteiger partial charge in [0, 0.05) is 18.8 Å². The fraction of sp³-hybridized carbons (Fsp3) is 0.714. The van der Waals surface area contributed by atoms with Crippen molar-refractivity contribution < 1.29 is 14.3 Å². The van der Waals surface area contributed by atoms with E-state index in [4.69, 9.17) is 0 Å². The van der Waals surface area contributed by atoms with E-state index in [0.717, 1.165) is 24.5 Å². The summed E-state index contributed by atoms with van der Waals surface area (Å²) in [6, 6.07) is 0.491. The molecule has 2 unspecified atom stereocenters. The zero-order valence-electron chi connectivity index (χ0n) is 5.99. The lowest BCUT2D eigenvalue weighted by Crippen LogP contribution is -2.41. The van der Waals surface area contributed by atoms with Crippen LogP contribution in [0, 0.1) is 5.92 Å². The average Bonchev–Trinajstić information content (AvgIpc) is 2.71. The maximum atomic E-state index is 11.0. The van der Waals surface area contributed by atoms with Gasteiger partial charge in [0.15, 0.2) is 12.0 Å². The Morgan fingerprint density at radius 3 is 3.45 bits per heavy atom. The van der Waals surface area contributed by atoms with E-state index in [0.29, 0.717) is 6.04 Å². The van der Waals surface area contributed by atoms with Crippen molar-refractivity contribution in [1.29, 1.82) is 0 Å². The Labute approximate surface area is 63.4 Å². The van der Waals surface area contributed by atoms with Crippen molar-refractivity contribution >= 4 is 0 Å². The lowest BCUT2D eigenvalue weighted by atomic mass is 10.1. The third kappa shape index (κ3) is 0.593. The van der Waals surface area contributed by atoms with Crippen LogP contribution in [-0.2, 0) is 6.42 Å². The summed E-state index contributed by atoms with van der Waals surface area (Å²) in [6.07, 6.45) is 3.17. The first-order valence-corrected chi connectivity index (χ1v) is 3.93. The highest BCUT2D eigenvalue weighted by atomic mass is 16.6. The molecule has 3 rings (SSSR count). The minimum Gasteiger partial charge on any atom is -0.539 e. The van der Waals surface area contributed by atoms with Gasteiger partial charge in [-0.1, -0.05) is 4.68 Å². The summed E-state index contributed by atoms with van der Waals surface area (Å²) in [5.41, 5.74) is 0.767. The van der Waals surface area contributed by atoms with Crippen LogP contribution in [0.25, 0.3) is 0 Å². The van der Waals surface area contributed by atoms with E-state index in [2.05, 4.69) is 9.79 Å². The molecular weight excluding hydrogens is 144 g/mol. The average molecular weight is 152 g/mol. The SMILES string of the molecule is [O-]c1on[n+]2c1CCC1CC12. The molecule has 4 heteroatoms. The molecule has 0 saturated heterocycles. The van der Waals surface area contributed by atoms with Crippen LogP contribution < -0.4 is 9.79 Å². The highest BCUT2D eigenvalue weighted by molar-refractivity contribution is 5.07. The van der Waals surface area contributed by atoms with E-state index in [9.17, 15) is 5.11 Å². The van der Waals surface area contributed by atoms with Gasteiger partial charge < -0.3 is 9.63 Å². The number of fused-ring (bicyclic) bond motifs is 3. The second kappa shape index (κ2) is 1.57. The molecular formula is C7H8N2O2. The predicted molar refractivity (Wildman–Crippen MR) is 31.6 cm³/mol. The molecule has 1 aliphatic heterocycles. The summed E-state index contributed by atoms with van der Waals surface area (Å²) in [4.78, 5) is 0. The normalized spacial score (nSPS) is 32.7. The number of rotatable bonds is 0. The van der Waals surface area contributed by atoms with Gasteiger partial charge in [-0.15, -0.1) is 0 Å². The molecule has 0 aromatic carbocycles. The third-order valence-electron chi connectivity index (χ3n) is 2.68. The lowest BCUT2D eigenvalue weighted by Gasteiger charge is -2.01. The molecule has 1 aromatic heterocycles. The molecule has 0 spiro atoms. The predicted octanol–water partition coefficient (Wildman–Crippen LogP) is -0.457. The zero-order valence-corrected chi connectivity index (χ0v) is 5.99. The molecule has 1 fully saturated rings.